The summed E-state index contributed by atoms with van der Waals surface area (Å²) in [5.41, 5.74) is 1.44. The lowest BCUT2D eigenvalue weighted by molar-refractivity contribution is 0.0951. The molecule has 0 aliphatic carbocycles. The van der Waals surface area contributed by atoms with E-state index in [1.807, 2.05) is 18.2 Å². The molecule has 0 atom stereocenters. The van der Waals surface area contributed by atoms with Crippen LogP contribution in [0.5, 0.6) is 5.75 Å². The van der Waals surface area contributed by atoms with Crippen LogP contribution in [0.1, 0.15) is 10.6 Å². The Morgan fingerprint density at radius 3 is 2.50 bits per heavy atom. The third kappa shape index (κ3) is 4.22. The highest BCUT2D eigenvalue weighted by molar-refractivity contribution is 7.80. The number of nitrogens with one attached hydrogen (secondary N) is 2. The Morgan fingerprint density at radius 2 is 1.81 bits per heavy atom. The van der Waals surface area contributed by atoms with Gasteiger partial charge in [-0.15, -0.1) is 0 Å². The average Bonchev–Trinajstić information content (AvgIpc) is 3.12. The molecule has 2 N–H and O–H groups in total. The lowest BCUT2D eigenvalue weighted by Gasteiger charge is -2.09. The highest BCUT2D eigenvalue weighted by Crippen LogP contribution is 2.29. The number of benzene rings is 2. The van der Waals surface area contributed by atoms with E-state index in [-0.39, 0.29) is 10.9 Å². The number of carbonyl (C=O) groups excluding carboxylic acids is 1. The summed E-state index contributed by atoms with van der Waals surface area (Å²) in [6.45, 7) is 0. The number of thiocarbonyl (C=S) groups is 1. The molecule has 0 bridgehead atoms. The van der Waals surface area contributed by atoms with E-state index in [9.17, 15) is 4.79 Å². The van der Waals surface area contributed by atoms with Crippen molar-refractivity contribution in [2.45, 2.75) is 0 Å². The molecule has 132 valence electrons. The van der Waals surface area contributed by atoms with Crippen molar-refractivity contribution in [1.29, 1.82) is 0 Å². The van der Waals surface area contributed by atoms with Gasteiger partial charge in [-0.05, 0) is 60.7 Å². The van der Waals surface area contributed by atoms with E-state index in [0.29, 0.717) is 16.3 Å². The van der Waals surface area contributed by atoms with Crippen LogP contribution < -0.4 is 15.4 Å². The smallest absolute Gasteiger partial charge is 0.293 e. The molecular weight excluding hydrogens is 372 g/mol. The van der Waals surface area contributed by atoms with E-state index in [1.165, 1.54) is 0 Å². The Kier molecular flexibility index (Phi) is 5.55. The molecule has 26 heavy (non-hydrogen) atoms. The maximum Gasteiger partial charge on any atom is 0.293 e. The highest BCUT2D eigenvalue weighted by Gasteiger charge is 2.15. The topological polar surface area (TPSA) is 63.5 Å². The first-order valence-corrected chi connectivity index (χ1v) is 8.46. The number of methoxy groups -OCH3 is 1. The monoisotopic (exact) mass is 386 g/mol. The van der Waals surface area contributed by atoms with Gasteiger partial charge >= 0.3 is 0 Å². The molecule has 1 aromatic heterocycles. The number of rotatable bonds is 4. The molecule has 3 rings (SSSR count). The number of carbonyl (C=O) groups is 1. The van der Waals surface area contributed by atoms with Gasteiger partial charge in [0, 0.05) is 11.3 Å². The molecule has 0 aliphatic heterocycles. The zero-order chi connectivity index (χ0) is 18.5. The maximum atomic E-state index is 12.3. The Hall–Kier alpha value is -2.83. The zero-order valence-electron chi connectivity index (χ0n) is 13.8. The van der Waals surface area contributed by atoms with E-state index in [4.69, 9.17) is 33.0 Å². The third-order valence-corrected chi connectivity index (χ3v) is 4.08. The summed E-state index contributed by atoms with van der Waals surface area (Å²) in [5.74, 6) is 0.927. The van der Waals surface area contributed by atoms with Crippen molar-refractivity contribution in [1.82, 2.24) is 5.32 Å². The van der Waals surface area contributed by atoms with Crippen molar-refractivity contribution < 1.29 is 13.9 Å². The van der Waals surface area contributed by atoms with Gasteiger partial charge in [0.1, 0.15) is 11.5 Å². The molecule has 0 saturated carbocycles. The van der Waals surface area contributed by atoms with Crippen molar-refractivity contribution >= 4 is 40.5 Å². The Labute approximate surface area is 160 Å². The second kappa shape index (κ2) is 8.03. The normalized spacial score (nSPS) is 10.2. The number of anilines is 1. The fourth-order valence-electron chi connectivity index (χ4n) is 2.27. The first-order valence-electron chi connectivity index (χ1n) is 7.68. The molecule has 0 saturated heterocycles. The van der Waals surface area contributed by atoms with Crippen LogP contribution in [0.2, 0.25) is 5.02 Å². The first-order chi connectivity index (χ1) is 12.6. The minimum absolute atomic E-state index is 0.138. The Morgan fingerprint density at radius 1 is 1.08 bits per heavy atom. The predicted octanol–water partition coefficient (Wildman–Crippen LogP) is 4.74. The molecule has 0 spiro atoms. The molecule has 2 aromatic carbocycles. The highest BCUT2D eigenvalue weighted by atomic mass is 35.5. The van der Waals surface area contributed by atoms with E-state index in [1.54, 1.807) is 49.6 Å². The van der Waals surface area contributed by atoms with Crippen LogP contribution >= 0.6 is 23.8 Å². The Bertz CT molecular complexity index is 938. The van der Waals surface area contributed by atoms with Crippen LogP contribution in [0.3, 0.4) is 0 Å². The third-order valence-electron chi connectivity index (χ3n) is 3.54. The molecule has 0 fully saturated rings. The number of hydrogen-bond acceptors (Lipinski definition) is 4. The van der Waals surface area contributed by atoms with Crippen molar-refractivity contribution in [2.75, 3.05) is 12.4 Å². The number of amides is 1. The van der Waals surface area contributed by atoms with Gasteiger partial charge in [0.25, 0.3) is 5.91 Å². The van der Waals surface area contributed by atoms with Gasteiger partial charge in [-0.2, -0.15) is 0 Å². The zero-order valence-corrected chi connectivity index (χ0v) is 15.4. The summed E-state index contributed by atoms with van der Waals surface area (Å²) in [4.78, 5) is 12.3. The van der Waals surface area contributed by atoms with Crippen LogP contribution in [0, 0.1) is 0 Å². The largest absolute Gasteiger partial charge is 0.497 e. The van der Waals surface area contributed by atoms with Crippen LogP contribution in [-0.2, 0) is 0 Å². The summed E-state index contributed by atoms with van der Waals surface area (Å²) in [5, 5.41) is 6.21. The molecule has 7 heteroatoms. The van der Waals surface area contributed by atoms with Crippen molar-refractivity contribution in [3.05, 3.63) is 71.4 Å². The molecule has 3 aromatic rings. The van der Waals surface area contributed by atoms with Crippen LogP contribution in [0.25, 0.3) is 11.3 Å². The molecule has 0 aliphatic rings. The van der Waals surface area contributed by atoms with Gasteiger partial charge in [-0.3, -0.25) is 10.1 Å². The van der Waals surface area contributed by atoms with E-state index in [0.717, 1.165) is 11.4 Å². The van der Waals surface area contributed by atoms with Gasteiger partial charge in [-0.25, -0.2) is 0 Å². The minimum Gasteiger partial charge on any atom is -0.497 e. The maximum absolute atomic E-state index is 12.3. The van der Waals surface area contributed by atoms with Crippen LogP contribution in [0.4, 0.5) is 5.69 Å². The fraction of sp³-hybridized carbons (Fsp3) is 0.0526. The van der Waals surface area contributed by atoms with E-state index in [2.05, 4.69) is 10.6 Å². The second-order valence-corrected chi connectivity index (χ2v) is 6.10. The lowest BCUT2D eigenvalue weighted by atomic mass is 10.2. The SMILES string of the molecule is COc1ccc(NC(=S)NC(=O)c2ccc(-c3ccccc3Cl)o2)cc1. The van der Waals surface area contributed by atoms with Crippen LogP contribution in [0.15, 0.2) is 65.1 Å². The number of halogens is 1. The lowest BCUT2D eigenvalue weighted by Crippen LogP contribution is -2.33. The average molecular weight is 387 g/mol. The summed E-state index contributed by atoms with van der Waals surface area (Å²) < 4.78 is 10.7. The first kappa shape index (κ1) is 18.0. The van der Waals surface area contributed by atoms with Gasteiger partial charge in [0.15, 0.2) is 10.9 Å². The van der Waals surface area contributed by atoms with E-state index < -0.39 is 5.91 Å². The predicted molar refractivity (Wildman–Crippen MR) is 106 cm³/mol. The summed E-state index contributed by atoms with van der Waals surface area (Å²) in [6.07, 6.45) is 0. The molecular formula is C19H15ClN2O3S. The van der Waals surface area contributed by atoms with Crippen molar-refractivity contribution in [2.24, 2.45) is 0 Å². The van der Waals surface area contributed by atoms with Gasteiger partial charge in [-0.1, -0.05) is 23.7 Å². The molecule has 5 nitrogen and oxygen atoms in total. The number of ether oxygens (including phenoxy) is 1. The van der Waals surface area contributed by atoms with Crippen molar-refractivity contribution in [3.63, 3.8) is 0 Å². The van der Waals surface area contributed by atoms with Gasteiger partial charge in [0.2, 0.25) is 0 Å². The number of furan rings is 1. The standard InChI is InChI=1S/C19H15ClN2O3S/c1-24-13-8-6-12(7-9-13)21-19(26)22-18(23)17-11-10-16(25-17)14-4-2-3-5-15(14)20/h2-11H,1H3,(H2,21,22,23,26). The molecule has 1 amide bonds. The summed E-state index contributed by atoms with van der Waals surface area (Å²) in [6, 6.07) is 17.7. The van der Waals surface area contributed by atoms with Crippen molar-refractivity contribution in [3.8, 4) is 17.1 Å². The Balaban J connectivity index is 1.64. The van der Waals surface area contributed by atoms with Crippen LogP contribution in [-0.4, -0.2) is 18.1 Å². The minimum atomic E-state index is -0.450. The summed E-state index contributed by atoms with van der Waals surface area (Å²) >= 11 is 11.3. The molecule has 0 unspecified atom stereocenters. The second-order valence-electron chi connectivity index (χ2n) is 5.28. The molecule has 0 radical (unpaired) electrons. The molecule has 1 heterocycles. The van der Waals surface area contributed by atoms with E-state index >= 15 is 0 Å². The van der Waals surface area contributed by atoms with Gasteiger partial charge in [0.05, 0.1) is 12.1 Å². The number of hydrogen-bond donors (Lipinski definition) is 2. The summed E-state index contributed by atoms with van der Waals surface area (Å²) in [7, 11) is 1.59. The van der Waals surface area contributed by atoms with Gasteiger partial charge < -0.3 is 14.5 Å². The quantitative estimate of drug-likeness (QED) is 0.634. The fourth-order valence-corrected chi connectivity index (χ4v) is 2.71.